The minimum Gasteiger partial charge on any atom is -0.422 e. The van der Waals surface area contributed by atoms with E-state index in [0.717, 1.165) is 29.7 Å². The number of fused-ring (bicyclic) bond motifs is 1. The van der Waals surface area contributed by atoms with Crippen LogP contribution in [-0.4, -0.2) is 39.9 Å². The second-order valence-electron chi connectivity index (χ2n) is 7.17. The van der Waals surface area contributed by atoms with Gasteiger partial charge >= 0.3 is 5.63 Å². The number of benzene rings is 1. The molecule has 0 aliphatic heterocycles. The van der Waals surface area contributed by atoms with Crippen LogP contribution in [0.25, 0.3) is 17.0 Å². The number of carbonyl (C=O) groups is 1. The molecule has 32 heavy (non-hydrogen) atoms. The average molecular weight is 433 g/mol. The first-order valence-electron chi connectivity index (χ1n) is 11.0. The fourth-order valence-electron chi connectivity index (χ4n) is 3.06. The van der Waals surface area contributed by atoms with Gasteiger partial charge in [0.1, 0.15) is 13.4 Å². The second kappa shape index (κ2) is 13.0. The summed E-state index contributed by atoms with van der Waals surface area (Å²) in [5, 5.41) is 6.76. The molecule has 7 heteroatoms. The van der Waals surface area contributed by atoms with E-state index in [1.54, 1.807) is 18.4 Å². The molecule has 1 heterocycles. The summed E-state index contributed by atoms with van der Waals surface area (Å²) in [5.74, 6) is 0.0450. The van der Waals surface area contributed by atoms with Crippen molar-refractivity contribution < 1.29 is 9.21 Å². The Hall–Kier alpha value is -3.48. The molecular weight excluding hydrogens is 401 g/mol. The van der Waals surface area contributed by atoms with E-state index in [0.29, 0.717) is 30.6 Å². The maximum atomic E-state index is 12.4. The number of nitrogens with zero attached hydrogens (tertiary/aromatic N) is 1. The van der Waals surface area contributed by atoms with Crippen molar-refractivity contribution in [3.05, 3.63) is 82.9 Å². The van der Waals surface area contributed by atoms with Crippen LogP contribution in [0.1, 0.15) is 19.4 Å². The number of anilines is 1. The molecule has 0 fully saturated rings. The van der Waals surface area contributed by atoms with E-state index < -0.39 is 0 Å². The number of hydrogen-bond acceptors (Lipinski definition) is 5. The highest BCUT2D eigenvalue weighted by molar-refractivity contribution is 6.19. The molecule has 0 saturated carbocycles. The van der Waals surface area contributed by atoms with Crippen LogP contribution >= 0.6 is 0 Å². The highest BCUT2D eigenvalue weighted by atomic mass is 16.4. The molecule has 0 saturated heterocycles. The summed E-state index contributed by atoms with van der Waals surface area (Å²) in [6, 6.07) is 7.77. The third kappa shape index (κ3) is 7.65. The second-order valence-corrected chi connectivity index (χ2v) is 7.17. The molecule has 0 aliphatic rings. The van der Waals surface area contributed by atoms with Gasteiger partial charge in [-0.3, -0.25) is 4.79 Å². The molecule has 0 atom stereocenters. The molecule has 0 spiro atoms. The summed E-state index contributed by atoms with van der Waals surface area (Å²) in [4.78, 5) is 25.7. The molecule has 168 valence electrons. The number of rotatable bonds is 12. The van der Waals surface area contributed by atoms with E-state index in [9.17, 15) is 9.59 Å². The van der Waals surface area contributed by atoms with Crippen LogP contribution in [0.15, 0.2) is 76.1 Å². The van der Waals surface area contributed by atoms with Crippen LogP contribution in [0.2, 0.25) is 6.32 Å². The Morgan fingerprint density at radius 3 is 2.66 bits per heavy atom. The lowest BCUT2D eigenvalue weighted by molar-refractivity contribution is -0.118. The number of hydrogen-bond donors (Lipinski definition) is 2. The van der Waals surface area contributed by atoms with Gasteiger partial charge in [0.2, 0.25) is 5.91 Å². The van der Waals surface area contributed by atoms with Crippen LogP contribution in [-0.2, 0) is 4.79 Å². The van der Waals surface area contributed by atoms with Gasteiger partial charge in [-0.1, -0.05) is 24.8 Å². The van der Waals surface area contributed by atoms with Crippen LogP contribution in [0.4, 0.5) is 5.69 Å². The summed E-state index contributed by atoms with van der Waals surface area (Å²) in [7, 11) is 1.82. The zero-order valence-electron chi connectivity index (χ0n) is 19.2. The summed E-state index contributed by atoms with van der Waals surface area (Å²) in [6.45, 7) is 11.2. The number of nitrogens with one attached hydrogen (secondary N) is 2. The molecular formula is C25H32BN3O3. The molecule has 1 amide bonds. The van der Waals surface area contributed by atoms with E-state index in [-0.39, 0.29) is 11.5 Å². The van der Waals surface area contributed by atoms with Crippen LogP contribution < -0.4 is 21.2 Å². The zero-order valence-corrected chi connectivity index (χ0v) is 19.2. The molecule has 1 aromatic carbocycles. The van der Waals surface area contributed by atoms with Gasteiger partial charge in [-0.25, -0.2) is 4.79 Å². The Morgan fingerprint density at radius 1 is 1.16 bits per heavy atom. The molecule has 1 aromatic heterocycles. The van der Waals surface area contributed by atoms with Crippen molar-refractivity contribution in [1.29, 1.82) is 0 Å². The molecule has 0 unspecified atom stereocenters. The quantitative estimate of drug-likeness (QED) is 0.233. The predicted octanol–water partition coefficient (Wildman–Crippen LogP) is 3.04. The average Bonchev–Trinajstić information content (AvgIpc) is 2.79. The molecule has 2 rings (SSSR count). The number of carbonyl (C=O) groups excluding carboxylic acids is 1. The van der Waals surface area contributed by atoms with Crippen molar-refractivity contribution in [2.75, 3.05) is 31.1 Å². The van der Waals surface area contributed by atoms with Gasteiger partial charge in [-0.15, -0.1) is 0 Å². The Morgan fingerprint density at radius 2 is 1.94 bits per heavy atom. The lowest BCUT2D eigenvalue weighted by Gasteiger charge is -2.20. The van der Waals surface area contributed by atoms with Crippen molar-refractivity contribution in [3.8, 4) is 0 Å². The maximum Gasteiger partial charge on any atom is 0.343 e. The fourth-order valence-corrected chi connectivity index (χ4v) is 3.06. The summed E-state index contributed by atoms with van der Waals surface area (Å²) >= 11 is 0. The monoisotopic (exact) mass is 433 g/mol. The van der Waals surface area contributed by atoms with Crippen LogP contribution in [0.5, 0.6) is 0 Å². The Kier molecular flexibility index (Phi) is 10.1. The van der Waals surface area contributed by atoms with Crippen molar-refractivity contribution in [2.45, 2.75) is 20.2 Å². The first-order chi connectivity index (χ1) is 15.5. The summed E-state index contributed by atoms with van der Waals surface area (Å²) < 4.78 is 5.55. The first kappa shape index (κ1) is 24.8. The number of amides is 1. The van der Waals surface area contributed by atoms with E-state index in [4.69, 9.17) is 4.42 Å². The van der Waals surface area contributed by atoms with E-state index in [1.807, 2.05) is 50.3 Å². The third-order valence-electron chi connectivity index (χ3n) is 4.90. The van der Waals surface area contributed by atoms with Gasteiger partial charge in [0, 0.05) is 43.3 Å². The smallest absolute Gasteiger partial charge is 0.343 e. The van der Waals surface area contributed by atoms with Crippen LogP contribution in [0.3, 0.4) is 0 Å². The van der Waals surface area contributed by atoms with Crippen molar-refractivity contribution >= 4 is 36.5 Å². The van der Waals surface area contributed by atoms with Crippen molar-refractivity contribution in [3.63, 3.8) is 0 Å². The van der Waals surface area contributed by atoms with Crippen molar-refractivity contribution in [2.24, 2.45) is 0 Å². The highest BCUT2D eigenvalue weighted by Gasteiger charge is 2.07. The Labute approximate surface area is 190 Å². The van der Waals surface area contributed by atoms with Crippen LogP contribution in [0, 0.1) is 0 Å². The molecule has 2 aromatic rings. The SMILES string of the molecule is BCC(=O)NCCN/C=C\C=C/C(=C)/C=C/c1cc2ccc(N(CC)CC)cc2oc1=O. The fraction of sp³-hybridized carbons (Fsp3) is 0.280. The summed E-state index contributed by atoms with van der Waals surface area (Å²) in [6.07, 6.45) is 11.3. The van der Waals surface area contributed by atoms with E-state index in [2.05, 4.69) is 36.0 Å². The first-order valence-corrected chi connectivity index (χ1v) is 11.0. The van der Waals surface area contributed by atoms with Gasteiger partial charge in [0.15, 0.2) is 0 Å². The zero-order chi connectivity index (χ0) is 23.3. The Bertz CT molecular complexity index is 1070. The lowest BCUT2D eigenvalue weighted by Crippen LogP contribution is -2.29. The normalized spacial score (nSPS) is 11.6. The number of allylic oxidation sites excluding steroid dienone is 5. The molecule has 6 nitrogen and oxygen atoms in total. The third-order valence-corrected chi connectivity index (χ3v) is 4.90. The molecule has 0 aliphatic carbocycles. The van der Waals surface area contributed by atoms with E-state index in [1.165, 1.54) is 0 Å². The van der Waals surface area contributed by atoms with Gasteiger partial charge in [-0.2, -0.15) is 0 Å². The van der Waals surface area contributed by atoms with Gasteiger partial charge < -0.3 is 20.0 Å². The standard InChI is InChI=1S/C25H32BN3O3/c1-4-29(5-2)22-12-11-20-16-21(25(31)32-23(20)17-22)10-9-19(3)8-6-7-13-27-14-15-28-24(30)18-26/h6-13,16-17,27H,3-5,14-15,18,26H2,1-2H3,(H,28,30)/b8-6-,10-9+,13-7-. The molecule has 0 bridgehead atoms. The molecule has 0 radical (unpaired) electrons. The predicted molar refractivity (Wildman–Crippen MR) is 137 cm³/mol. The van der Waals surface area contributed by atoms with Gasteiger partial charge in [0.25, 0.3) is 0 Å². The largest absolute Gasteiger partial charge is 0.422 e. The maximum absolute atomic E-state index is 12.4. The van der Waals surface area contributed by atoms with Gasteiger partial charge in [-0.05, 0) is 62.3 Å². The van der Waals surface area contributed by atoms with E-state index >= 15 is 0 Å². The minimum atomic E-state index is -0.374. The molecule has 2 N–H and O–H groups in total. The Balaban J connectivity index is 1.94. The van der Waals surface area contributed by atoms with Gasteiger partial charge in [0.05, 0.1) is 5.56 Å². The minimum absolute atomic E-state index is 0.0450. The van der Waals surface area contributed by atoms with Crippen molar-refractivity contribution in [1.82, 2.24) is 10.6 Å². The highest BCUT2D eigenvalue weighted by Crippen LogP contribution is 2.22. The topological polar surface area (TPSA) is 74.6 Å². The lowest BCUT2D eigenvalue weighted by atomic mass is 10.1. The summed E-state index contributed by atoms with van der Waals surface area (Å²) in [5.41, 5.74) is 2.49.